The van der Waals surface area contributed by atoms with Gasteiger partial charge in [-0.3, -0.25) is 4.79 Å². The molecular formula is C15H19N3O3S. The number of likely N-dealkylation sites (N-methyl/N-ethyl adjacent to an activating group) is 2. The predicted octanol–water partition coefficient (Wildman–Crippen LogP) is 1.08. The number of nitrogens with zero attached hydrogens (tertiary/aromatic N) is 3. The summed E-state index contributed by atoms with van der Waals surface area (Å²) in [5, 5.41) is 0. The van der Waals surface area contributed by atoms with Crippen LogP contribution in [0.15, 0.2) is 33.6 Å². The maximum absolute atomic E-state index is 12.4. The Bertz CT molecular complexity index is 738. The summed E-state index contributed by atoms with van der Waals surface area (Å²) in [6.45, 7) is 2.77. The number of amidine groups is 1. The first-order chi connectivity index (χ1) is 10.4. The summed E-state index contributed by atoms with van der Waals surface area (Å²) in [4.78, 5) is 16.1. The van der Waals surface area contributed by atoms with Gasteiger partial charge in [-0.15, -0.1) is 4.40 Å². The summed E-state index contributed by atoms with van der Waals surface area (Å²) in [6, 6.07) is 7.06. The van der Waals surface area contributed by atoms with Gasteiger partial charge in [0.1, 0.15) is 4.90 Å². The number of hydrogen-bond donors (Lipinski definition) is 0. The van der Waals surface area contributed by atoms with E-state index in [-0.39, 0.29) is 17.3 Å². The Balaban J connectivity index is 1.81. The number of sulfonamides is 1. The van der Waals surface area contributed by atoms with Gasteiger partial charge in [0, 0.05) is 25.2 Å². The summed E-state index contributed by atoms with van der Waals surface area (Å²) in [6.07, 6.45) is 2.11. The minimum absolute atomic E-state index is 0.0111. The number of carbonyl (C=O) groups is 1. The van der Waals surface area contributed by atoms with Crippen molar-refractivity contribution < 1.29 is 13.2 Å². The Kier molecular flexibility index (Phi) is 3.68. The molecule has 1 aliphatic heterocycles. The van der Waals surface area contributed by atoms with Crippen LogP contribution in [-0.2, 0) is 14.8 Å². The monoisotopic (exact) mass is 321 g/mol. The highest BCUT2D eigenvalue weighted by atomic mass is 32.2. The predicted molar refractivity (Wildman–Crippen MR) is 83.2 cm³/mol. The summed E-state index contributed by atoms with van der Waals surface area (Å²) < 4.78 is 27.9. The molecule has 0 saturated heterocycles. The molecule has 1 amide bonds. The Morgan fingerprint density at radius 2 is 2.00 bits per heavy atom. The fourth-order valence-electron chi connectivity index (χ4n) is 2.76. The summed E-state index contributed by atoms with van der Waals surface area (Å²) in [7, 11) is -1.94. The minimum Gasteiger partial charge on any atom is -0.349 e. The SMILES string of the molecule is CCN(C(=O)CN(C)C1=NS(=O)(=O)c2ccccc21)C1CC1. The molecule has 2 aliphatic rings. The molecular weight excluding hydrogens is 302 g/mol. The third-order valence-corrected chi connectivity index (χ3v) is 5.32. The molecule has 22 heavy (non-hydrogen) atoms. The van der Waals surface area contributed by atoms with Gasteiger partial charge in [0.05, 0.1) is 6.54 Å². The second-order valence-corrected chi connectivity index (χ2v) is 7.23. The molecule has 1 aromatic rings. The maximum atomic E-state index is 12.4. The first-order valence-corrected chi connectivity index (χ1v) is 8.83. The van der Waals surface area contributed by atoms with Gasteiger partial charge < -0.3 is 9.80 Å². The quantitative estimate of drug-likeness (QED) is 0.832. The molecule has 1 fully saturated rings. The average molecular weight is 321 g/mol. The van der Waals surface area contributed by atoms with Crippen molar-refractivity contribution in [3.05, 3.63) is 29.8 Å². The van der Waals surface area contributed by atoms with E-state index in [1.807, 2.05) is 11.8 Å². The van der Waals surface area contributed by atoms with Gasteiger partial charge in [-0.05, 0) is 31.9 Å². The third kappa shape index (κ3) is 2.61. The van der Waals surface area contributed by atoms with E-state index < -0.39 is 10.0 Å². The van der Waals surface area contributed by atoms with Crippen LogP contribution >= 0.6 is 0 Å². The highest BCUT2D eigenvalue weighted by Gasteiger charge is 2.34. The Hall–Kier alpha value is -1.89. The first-order valence-electron chi connectivity index (χ1n) is 7.39. The molecule has 118 valence electrons. The number of benzene rings is 1. The van der Waals surface area contributed by atoms with Gasteiger partial charge in [0.15, 0.2) is 5.84 Å². The topological polar surface area (TPSA) is 70.1 Å². The van der Waals surface area contributed by atoms with Gasteiger partial charge in [0.2, 0.25) is 5.91 Å². The molecule has 0 spiro atoms. The van der Waals surface area contributed by atoms with Crippen LogP contribution in [0.25, 0.3) is 0 Å². The van der Waals surface area contributed by atoms with Crippen molar-refractivity contribution in [2.45, 2.75) is 30.7 Å². The van der Waals surface area contributed by atoms with Crippen molar-refractivity contribution in [1.82, 2.24) is 9.80 Å². The summed E-state index contributed by atoms with van der Waals surface area (Å²) >= 11 is 0. The zero-order chi connectivity index (χ0) is 15.9. The number of hydrogen-bond acceptors (Lipinski definition) is 4. The van der Waals surface area contributed by atoms with Crippen molar-refractivity contribution >= 4 is 21.8 Å². The lowest BCUT2D eigenvalue weighted by molar-refractivity contribution is -0.131. The van der Waals surface area contributed by atoms with Gasteiger partial charge in [0.25, 0.3) is 10.0 Å². The van der Waals surface area contributed by atoms with Crippen LogP contribution in [0, 0.1) is 0 Å². The van der Waals surface area contributed by atoms with E-state index in [0.29, 0.717) is 24.0 Å². The number of rotatable bonds is 4. The first kappa shape index (κ1) is 15.0. The van der Waals surface area contributed by atoms with E-state index in [2.05, 4.69) is 4.40 Å². The molecule has 0 radical (unpaired) electrons. The van der Waals surface area contributed by atoms with Crippen molar-refractivity contribution in [1.29, 1.82) is 0 Å². The lowest BCUT2D eigenvalue weighted by Crippen LogP contribution is -2.42. The van der Waals surface area contributed by atoms with E-state index in [1.165, 1.54) is 0 Å². The largest absolute Gasteiger partial charge is 0.349 e. The van der Waals surface area contributed by atoms with Crippen LogP contribution in [0.1, 0.15) is 25.3 Å². The molecule has 0 atom stereocenters. The highest BCUT2D eigenvalue weighted by Crippen LogP contribution is 2.28. The number of amides is 1. The van der Waals surface area contributed by atoms with Crippen LogP contribution in [0.4, 0.5) is 0 Å². The molecule has 0 N–H and O–H groups in total. The Morgan fingerprint density at radius 1 is 1.32 bits per heavy atom. The lowest BCUT2D eigenvalue weighted by atomic mass is 10.2. The molecule has 0 bridgehead atoms. The zero-order valence-corrected chi connectivity index (χ0v) is 13.5. The van der Waals surface area contributed by atoms with Crippen LogP contribution in [0.5, 0.6) is 0 Å². The van der Waals surface area contributed by atoms with Crippen molar-refractivity contribution in [3.63, 3.8) is 0 Å². The molecule has 1 aliphatic carbocycles. The van der Waals surface area contributed by atoms with Gasteiger partial charge >= 0.3 is 0 Å². The van der Waals surface area contributed by atoms with E-state index in [9.17, 15) is 13.2 Å². The molecule has 0 aromatic heterocycles. The third-order valence-electron chi connectivity index (χ3n) is 4.00. The van der Waals surface area contributed by atoms with Crippen LogP contribution in [0.3, 0.4) is 0 Å². The average Bonchev–Trinajstić information content (AvgIpc) is 3.26. The molecule has 1 saturated carbocycles. The van der Waals surface area contributed by atoms with Crippen molar-refractivity contribution in [2.24, 2.45) is 4.40 Å². The molecule has 1 aromatic carbocycles. The summed E-state index contributed by atoms with van der Waals surface area (Å²) in [5.74, 6) is 0.354. The van der Waals surface area contributed by atoms with Gasteiger partial charge in [-0.1, -0.05) is 12.1 Å². The second kappa shape index (κ2) is 5.39. The normalized spacial score (nSPS) is 18.5. The molecule has 0 unspecified atom stereocenters. The van der Waals surface area contributed by atoms with Crippen LogP contribution in [-0.4, -0.2) is 56.1 Å². The highest BCUT2D eigenvalue weighted by molar-refractivity contribution is 7.90. The van der Waals surface area contributed by atoms with Gasteiger partial charge in [-0.2, -0.15) is 8.42 Å². The zero-order valence-electron chi connectivity index (χ0n) is 12.7. The van der Waals surface area contributed by atoms with Crippen LogP contribution < -0.4 is 0 Å². The van der Waals surface area contributed by atoms with E-state index in [1.54, 1.807) is 36.2 Å². The summed E-state index contributed by atoms with van der Waals surface area (Å²) in [5.41, 5.74) is 0.562. The smallest absolute Gasteiger partial charge is 0.285 e. The van der Waals surface area contributed by atoms with Gasteiger partial charge in [-0.25, -0.2) is 0 Å². The second-order valence-electron chi connectivity index (χ2n) is 5.65. The minimum atomic E-state index is -3.64. The van der Waals surface area contributed by atoms with E-state index in [4.69, 9.17) is 0 Å². The fraction of sp³-hybridized carbons (Fsp3) is 0.467. The molecule has 6 nitrogen and oxygen atoms in total. The Labute approximate surface area is 130 Å². The number of fused-ring (bicyclic) bond motifs is 1. The lowest BCUT2D eigenvalue weighted by Gasteiger charge is -2.25. The van der Waals surface area contributed by atoms with E-state index in [0.717, 1.165) is 12.8 Å². The molecule has 7 heteroatoms. The van der Waals surface area contributed by atoms with Crippen molar-refractivity contribution in [2.75, 3.05) is 20.1 Å². The standard InChI is InChI=1S/C15H19N3O3S/c1-3-18(11-8-9-11)14(19)10-17(2)15-12-6-4-5-7-13(12)22(20,21)16-15/h4-7,11H,3,8-10H2,1-2H3. The van der Waals surface area contributed by atoms with E-state index >= 15 is 0 Å². The number of carbonyl (C=O) groups excluding carboxylic acids is 1. The molecule has 1 heterocycles. The maximum Gasteiger partial charge on any atom is 0.285 e. The molecule has 3 rings (SSSR count). The van der Waals surface area contributed by atoms with Crippen LogP contribution in [0.2, 0.25) is 0 Å². The Morgan fingerprint density at radius 3 is 2.64 bits per heavy atom. The fourth-order valence-corrected chi connectivity index (χ4v) is 4.01. The van der Waals surface area contributed by atoms with Crippen molar-refractivity contribution in [3.8, 4) is 0 Å².